The minimum absolute atomic E-state index is 0.300. The zero-order valence-corrected chi connectivity index (χ0v) is 22.0. The molecule has 2 aromatic heterocycles. The van der Waals surface area contributed by atoms with E-state index in [1.807, 2.05) is 51.1 Å². The van der Waals surface area contributed by atoms with Gasteiger partial charge in [0.1, 0.15) is 0 Å². The van der Waals surface area contributed by atoms with Crippen LogP contribution in [0.5, 0.6) is 0 Å². The lowest BCUT2D eigenvalue weighted by Crippen LogP contribution is -2.32. The van der Waals surface area contributed by atoms with Gasteiger partial charge in [-0.25, -0.2) is 4.79 Å². The lowest BCUT2D eigenvalue weighted by atomic mass is 9.83. The highest BCUT2D eigenvalue weighted by Gasteiger charge is 2.38. The van der Waals surface area contributed by atoms with Crippen LogP contribution in [0.4, 0.5) is 26.3 Å². The maximum atomic E-state index is 13.3. The highest BCUT2D eigenvalue weighted by atomic mass is 19.4. The van der Waals surface area contributed by atoms with Crippen molar-refractivity contribution in [1.82, 2.24) is 15.3 Å². The number of aromatic nitrogens is 2. The van der Waals surface area contributed by atoms with Crippen molar-refractivity contribution in [3.8, 4) is 0 Å². The molecule has 0 aliphatic rings. The third-order valence-electron chi connectivity index (χ3n) is 5.88. The molecule has 0 saturated heterocycles. The molecule has 0 fully saturated rings. The number of alkyl halides is 6. The summed E-state index contributed by atoms with van der Waals surface area (Å²) < 4.78 is 71.1. The summed E-state index contributed by atoms with van der Waals surface area (Å²) in [7, 11) is 0. The number of aliphatic carboxylic acids is 1. The fraction of sp³-hybridized carbons (Fsp3) is 0.241. The van der Waals surface area contributed by atoms with E-state index in [2.05, 4.69) is 15.3 Å². The van der Waals surface area contributed by atoms with Gasteiger partial charge in [0, 0.05) is 23.3 Å². The molecule has 2 heterocycles. The molecule has 12 heteroatoms. The fourth-order valence-electron chi connectivity index (χ4n) is 3.88. The van der Waals surface area contributed by atoms with E-state index < -0.39 is 29.9 Å². The minimum Gasteiger partial charge on any atom is -0.475 e. The van der Waals surface area contributed by atoms with Gasteiger partial charge in [0.05, 0.1) is 22.8 Å². The monoisotopic (exact) mass is 577 g/mol. The quantitative estimate of drug-likeness (QED) is 0.253. The molecule has 1 atom stereocenters. The van der Waals surface area contributed by atoms with Crippen LogP contribution in [0.3, 0.4) is 0 Å². The molecule has 2 aromatic carbocycles. The topological polar surface area (TPSA) is 92.2 Å². The Morgan fingerprint density at radius 1 is 0.829 bits per heavy atom. The van der Waals surface area contributed by atoms with Crippen LogP contribution in [-0.4, -0.2) is 33.1 Å². The molecule has 41 heavy (non-hydrogen) atoms. The van der Waals surface area contributed by atoms with Gasteiger partial charge in [-0.15, -0.1) is 0 Å². The molecule has 6 nitrogen and oxygen atoms in total. The van der Waals surface area contributed by atoms with E-state index in [0.717, 1.165) is 23.1 Å². The number of rotatable bonds is 4. The first kappa shape index (κ1) is 31.1. The van der Waals surface area contributed by atoms with Crippen LogP contribution in [0.25, 0.3) is 10.9 Å². The summed E-state index contributed by atoms with van der Waals surface area (Å²) >= 11 is 0. The SMILES string of the molecule is CC(C)(C)c1cccnc1C(NC(=O)c1ccc2cccnc2c1)c1ccc(C(F)(F)F)cc1.O=C(O)C(F)(F)F. The van der Waals surface area contributed by atoms with Gasteiger partial charge in [0.15, 0.2) is 0 Å². The maximum Gasteiger partial charge on any atom is 0.490 e. The molecule has 1 amide bonds. The van der Waals surface area contributed by atoms with Crippen molar-refractivity contribution in [2.45, 2.75) is 44.6 Å². The van der Waals surface area contributed by atoms with Gasteiger partial charge >= 0.3 is 18.3 Å². The van der Waals surface area contributed by atoms with Crippen LogP contribution in [0.2, 0.25) is 0 Å². The Kier molecular flexibility index (Phi) is 9.05. The largest absolute Gasteiger partial charge is 0.490 e. The zero-order valence-electron chi connectivity index (χ0n) is 22.0. The Morgan fingerprint density at radius 2 is 1.41 bits per heavy atom. The summed E-state index contributed by atoms with van der Waals surface area (Å²) in [4.78, 5) is 31.0. The Hall–Kier alpha value is -4.48. The van der Waals surface area contributed by atoms with E-state index in [9.17, 15) is 31.1 Å². The number of amides is 1. The van der Waals surface area contributed by atoms with Gasteiger partial charge in [0.2, 0.25) is 0 Å². The number of nitrogens with zero attached hydrogens (tertiary/aromatic N) is 2. The Balaban J connectivity index is 0.000000587. The van der Waals surface area contributed by atoms with Crippen molar-refractivity contribution in [2.75, 3.05) is 0 Å². The van der Waals surface area contributed by atoms with Gasteiger partial charge in [-0.1, -0.05) is 51.1 Å². The van der Waals surface area contributed by atoms with Gasteiger partial charge in [-0.05, 0) is 52.9 Å². The third kappa shape index (κ3) is 8.03. The number of halogens is 6. The van der Waals surface area contributed by atoms with Crippen molar-refractivity contribution >= 4 is 22.8 Å². The van der Waals surface area contributed by atoms with E-state index >= 15 is 0 Å². The Labute approximate surface area is 231 Å². The third-order valence-corrected chi connectivity index (χ3v) is 5.88. The van der Waals surface area contributed by atoms with Crippen molar-refractivity contribution in [3.05, 3.63) is 107 Å². The summed E-state index contributed by atoms with van der Waals surface area (Å²) in [6, 6.07) is 16.7. The molecular formula is C29H25F6N3O3. The first-order valence-corrected chi connectivity index (χ1v) is 12.1. The van der Waals surface area contributed by atoms with Crippen LogP contribution >= 0.6 is 0 Å². The predicted molar refractivity (Wildman–Crippen MR) is 139 cm³/mol. The molecule has 0 spiro atoms. The van der Waals surface area contributed by atoms with Gasteiger partial charge in [-0.3, -0.25) is 14.8 Å². The van der Waals surface area contributed by atoms with Gasteiger partial charge in [0.25, 0.3) is 5.91 Å². The zero-order chi connectivity index (χ0) is 30.6. The van der Waals surface area contributed by atoms with E-state index in [4.69, 9.17) is 9.90 Å². The second-order valence-corrected chi connectivity index (χ2v) is 9.93. The first-order chi connectivity index (χ1) is 19.0. The van der Waals surface area contributed by atoms with Gasteiger partial charge < -0.3 is 10.4 Å². The van der Waals surface area contributed by atoms with Crippen molar-refractivity contribution in [2.24, 2.45) is 0 Å². The van der Waals surface area contributed by atoms with Crippen LogP contribution in [0.15, 0.2) is 79.1 Å². The second-order valence-electron chi connectivity index (χ2n) is 9.93. The fourth-order valence-corrected chi connectivity index (χ4v) is 3.88. The molecule has 0 saturated carbocycles. The number of carboxylic acids is 1. The lowest BCUT2D eigenvalue weighted by molar-refractivity contribution is -0.192. The second kappa shape index (κ2) is 11.9. The van der Waals surface area contributed by atoms with E-state index in [1.165, 1.54) is 12.1 Å². The predicted octanol–water partition coefficient (Wildman–Crippen LogP) is 7.10. The first-order valence-electron chi connectivity index (χ1n) is 12.1. The minimum atomic E-state index is -5.08. The summed E-state index contributed by atoms with van der Waals surface area (Å²) in [5.41, 5.74) is 2.00. The van der Waals surface area contributed by atoms with Crippen LogP contribution in [0.1, 0.15) is 59.6 Å². The molecular weight excluding hydrogens is 552 g/mol. The van der Waals surface area contributed by atoms with Crippen LogP contribution in [-0.2, 0) is 16.4 Å². The van der Waals surface area contributed by atoms with Gasteiger partial charge in [-0.2, -0.15) is 26.3 Å². The Bertz CT molecular complexity index is 1530. The molecule has 1 unspecified atom stereocenters. The molecule has 216 valence electrons. The smallest absolute Gasteiger partial charge is 0.475 e. The highest BCUT2D eigenvalue weighted by molar-refractivity contribution is 5.98. The van der Waals surface area contributed by atoms with E-state index in [0.29, 0.717) is 22.3 Å². The van der Waals surface area contributed by atoms with Crippen LogP contribution in [0, 0.1) is 0 Å². The number of carbonyl (C=O) groups excluding carboxylic acids is 1. The lowest BCUT2D eigenvalue weighted by Gasteiger charge is -2.27. The molecule has 0 bridgehead atoms. The average molecular weight is 578 g/mol. The Morgan fingerprint density at radius 3 is 1.98 bits per heavy atom. The maximum absolute atomic E-state index is 13.3. The normalized spacial score (nSPS) is 12.7. The summed E-state index contributed by atoms with van der Waals surface area (Å²) in [5, 5.41) is 11.0. The standard InChI is InChI=1S/C27H24F3N3O.C2HF3O2/c1-26(2,3)21-7-5-15-32-24(21)23(18-10-12-20(13-11-18)27(28,29)30)33-25(34)19-9-8-17-6-4-14-31-22(17)16-19;3-2(4,5)1(6)7/h4-16,23H,1-3H3,(H,33,34);(H,6,7). The number of fused-ring (bicyclic) bond motifs is 1. The molecule has 4 aromatic rings. The van der Waals surface area contributed by atoms with Crippen molar-refractivity contribution < 1.29 is 41.0 Å². The number of hydrogen-bond acceptors (Lipinski definition) is 4. The molecule has 0 aliphatic carbocycles. The van der Waals surface area contributed by atoms with Crippen molar-refractivity contribution in [3.63, 3.8) is 0 Å². The number of pyridine rings is 2. The molecule has 2 N–H and O–H groups in total. The van der Waals surface area contributed by atoms with Crippen LogP contribution < -0.4 is 5.32 Å². The molecule has 4 rings (SSSR count). The molecule has 0 radical (unpaired) electrons. The summed E-state index contributed by atoms with van der Waals surface area (Å²) in [6.07, 6.45) is -6.26. The average Bonchev–Trinajstić information content (AvgIpc) is 2.90. The number of nitrogens with one attached hydrogen (secondary N) is 1. The van der Waals surface area contributed by atoms with Crippen molar-refractivity contribution in [1.29, 1.82) is 0 Å². The van der Waals surface area contributed by atoms with E-state index in [-0.39, 0.29) is 11.3 Å². The number of carboxylic acid groups (broad SMARTS) is 1. The van der Waals surface area contributed by atoms with E-state index in [1.54, 1.807) is 24.5 Å². The number of carbonyl (C=O) groups is 2. The summed E-state index contributed by atoms with van der Waals surface area (Å²) in [5.74, 6) is -3.13. The highest BCUT2D eigenvalue weighted by Crippen LogP contribution is 2.34. The number of hydrogen-bond donors (Lipinski definition) is 2. The summed E-state index contributed by atoms with van der Waals surface area (Å²) in [6.45, 7) is 6.07. The molecule has 0 aliphatic heterocycles. The number of benzene rings is 2.